The summed E-state index contributed by atoms with van der Waals surface area (Å²) >= 11 is 0. The molecule has 2 aromatic rings. The van der Waals surface area contributed by atoms with Crippen LogP contribution in [0.5, 0.6) is 0 Å². The number of hydrogen-bond donors (Lipinski definition) is 0. The van der Waals surface area contributed by atoms with Crippen molar-refractivity contribution >= 4 is 12.6 Å². The summed E-state index contributed by atoms with van der Waals surface area (Å²) in [5.74, 6) is 0. The zero-order valence-corrected chi connectivity index (χ0v) is 15.7. The fraction of sp³-hybridized carbons (Fsp3) is 0.500. The lowest BCUT2D eigenvalue weighted by Gasteiger charge is -2.32. The number of alkyl halides is 3. The molecule has 0 N–H and O–H groups in total. The number of hydrogen-bond acceptors (Lipinski definition) is 3. The van der Waals surface area contributed by atoms with Gasteiger partial charge in [0.15, 0.2) is 0 Å². The zero-order chi connectivity index (χ0) is 19.5. The van der Waals surface area contributed by atoms with Crippen LogP contribution in [0.2, 0.25) is 0 Å². The minimum absolute atomic E-state index is 0.517. The van der Waals surface area contributed by atoms with Gasteiger partial charge in [0.1, 0.15) is 0 Å². The molecule has 0 saturated carbocycles. The van der Waals surface area contributed by atoms with Gasteiger partial charge in [0.2, 0.25) is 0 Å². The lowest BCUT2D eigenvalue weighted by Crippen LogP contribution is -2.41. The second-order valence-electron chi connectivity index (χ2n) is 7.63. The summed E-state index contributed by atoms with van der Waals surface area (Å²) < 4.78 is 52.4. The third kappa shape index (κ3) is 3.05. The third-order valence-corrected chi connectivity index (χ3v) is 5.24. The molecule has 0 bridgehead atoms. The molecule has 0 spiro atoms. The summed E-state index contributed by atoms with van der Waals surface area (Å²) in [4.78, 5) is 0. The first-order valence-corrected chi connectivity index (χ1v) is 8.40. The highest BCUT2D eigenvalue weighted by Crippen LogP contribution is 2.38. The van der Waals surface area contributed by atoms with Gasteiger partial charge in [-0.15, -0.1) is 0 Å². The second kappa shape index (κ2) is 5.86. The average molecular weight is 366 g/mol. The molecule has 1 saturated heterocycles. The predicted molar refractivity (Wildman–Crippen MR) is 94.1 cm³/mol. The van der Waals surface area contributed by atoms with Gasteiger partial charge < -0.3 is 9.31 Å². The summed E-state index contributed by atoms with van der Waals surface area (Å²) in [6.45, 7) is 9.66. The van der Waals surface area contributed by atoms with Crippen molar-refractivity contribution in [1.29, 1.82) is 0 Å². The van der Waals surface area contributed by atoms with Gasteiger partial charge in [-0.2, -0.15) is 18.3 Å². The van der Waals surface area contributed by atoms with E-state index in [4.69, 9.17) is 9.31 Å². The molecule has 2 heterocycles. The Kier molecular flexibility index (Phi) is 4.27. The Hall–Kier alpha value is -1.80. The Labute approximate surface area is 151 Å². The van der Waals surface area contributed by atoms with Gasteiger partial charge >= 0.3 is 13.3 Å². The van der Waals surface area contributed by atoms with E-state index >= 15 is 0 Å². The van der Waals surface area contributed by atoms with E-state index in [1.807, 2.05) is 34.6 Å². The molecule has 0 radical (unpaired) electrons. The molecular weight excluding hydrogens is 344 g/mol. The van der Waals surface area contributed by atoms with Crippen LogP contribution in [0.4, 0.5) is 13.2 Å². The quantitative estimate of drug-likeness (QED) is 0.761. The molecule has 1 fully saturated rings. The van der Waals surface area contributed by atoms with Crippen molar-refractivity contribution in [3.05, 3.63) is 35.5 Å². The SMILES string of the molecule is Cc1nn(C)c(-c2ccc(C(F)(F)F)cc2)c1B1OC(C)(C)C(C)(C)O1. The van der Waals surface area contributed by atoms with Gasteiger partial charge in [-0.05, 0) is 52.3 Å². The van der Waals surface area contributed by atoms with E-state index in [-0.39, 0.29) is 0 Å². The van der Waals surface area contributed by atoms with Crippen LogP contribution in [0.15, 0.2) is 24.3 Å². The first-order chi connectivity index (χ1) is 11.8. The van der Waals surface area contributed by atoms with Crippen molar-refractivity contribution in [2.24, 2.45) is 7.05 Å². The molecule has 140 valence electrons. The monoisotopic (exact) mass is 366 g/mol. The molecule has 3 rings (SSSR count). The van der Waals surface area contributed by atoms with Gasteiger partial charge in [-0.25, -0.2) is 0 Å². The normalized spacial score (nSPS) is 19.2. The Bertz CT molecular complexity index is 810. The van der Waals surface area contributed by atoms with Crippen molar-refractivity contribution < 1.29 is 22.5 Å². The first kappa shape index (κ1) is 19.0. The van der Waals surface area contributed by atoms with Crippen molar-refractivity contribution in [3.8, 4) is 11.3 Å². The maximum absolute atomic E-state index is 12.8. The summed E-state index contributed by atoms with van der Waals surface area (Å²) in [5, 5.41) is 4.43. The molecular formula is C18H22BF3N2O2. The van der Waals surface area contributed by atoms with E-state index in [0.29, 0.717) is 11.3 Å². The lowest BCUT2D eigenvalue weighted by atomic mass is 9.76. The number of rotatable bonds is 2. The molecule has 1 aromatic carbocycles. The lowest BCUT2D eigenvalue weighted by molar-refractivity contribution is -0.137. The number of aryl methyl sites for hydroxylation is 2. The number of aromatic nitrogens is 2. The fourth-order valence-corrected chi connectivity index (χ4v) is 3.08. The van der Waals surface area contributed by atoms with E-state index in [0.717, 1.165) is 23.3 Å². The van der Waals surface area contributed by atoms with Crippen molar-refractivity contribution in [2.45, 2.75) is 52.0 Å². The van der Waals surface area contributed by atoms with Gasteiger partial charge in [-0.3, -0.25) is 4.68 Å². The molecule has 0 amide bonds. The molecule has 0 atom stereocenters. The Morgan fingerprint density at radius 3 is 1.96 bits per heavy atom. The molecule has 0 unspecified atom stereocenters. The molecule has 4 nitrogen and oxygen atoms in total. The highest BCUT2D eigenvalue weighted by molar-refractivity contribution is 6.64. The molecule has 8 heteroatoms. The van der Waals surface area contributed by atoms with Crippen LogP contribution >= 0.6 is 0 Å². The predicted octanol–water partition coefficient (Wildman–Crippen LogP) is 3.71. The smallest absolute Gasteiger partial charge is 0.399 e. The van der Waals surface area contributed by atoms with Crippen LogP contribution in [-0.2, 0) is 22.5 Å². The summed E-state index contributed by atoms with van der Waals surface area (Å²) in [6.07, 6.45) is -4.37. The van der Waals surface area contributed by atoms with E-state index in [1.165, 1.54) is 12.1 Å². The van der Waals surface area contributed by atoms with Crippen LogP contribution in [0.25, 0.3) is 11.3 Å². The van der Waals surface area contributed by atoms with Gasteiger partial charge in [0.25, 0.3) is 0 Å². The van der Waals surface area contributed by atoms with Crippen molar-refractivity contribution in [1.82, 2.24) is 9.78 Å². The fourth-order valence-electron chi connectivity index (χ4n) is 3.08. The van der Waals surface area contributed by atoms with Gasteiger partial charge in [-0.1, -0.05) is 12.1 Å². The van der Waals surface area contributed by atoms with E-state index in [1.54, 1.807) is 11.7 Å². The molecule has 1 aliphatic heterocycles. The standard InChI is InChI=1S/C18H22BF3N2O2/c1-11-14(19-25-16(2,3)17(4,5)26-19)15(24(6)23-11)12-7-9-13(10-8-12)18(20,21)22/h7-10H,1-6H3. The number of benzene rings is 1. The minimum atomic E-state index is -4.37. The maximum Gasteiger partial charge on any atom is 0.499 e. The Balaban J connectivity index is 2.05. The topological polar surface area (TPSA) is 36.3 Å². The highest BCUT2D eigenvalue weighted by Gasteiger charge is 2.53. The van der Waals surface area contributed by atoms with Gasteiger partial charge in [0.05, 0.1) is 28.2 Å². The highest BCUT2D eigenvalue weighted by atomic mass is 19.4. The van der Waals surface area contributed by atoms with Crippen molar-refractivity contribution in [2.75, 3.05) is 0 Å². The Morgan fingerprint density at radius 1 is 1.00 bits per heavy atom. The number of nitrogens with zero attached hydrogens (tertiary/aromatic N) is 2. The number of halogens is 3. The minimum Gasteiger partial charge on any atom is -0.399 e. The summed E-state index contributed by atoms with van der Waals surface area (Å²) in [7, 11) is 1.13. The summed E-state index contributed by atoms with van der Waals surface area (Å²) in [5.41, 5.74) is 1.07. The van der Waals surface area contributed by atoms with E-state index < -0.39 is 30.1 Å². The Morgan fingerprint density at radius 2 is 1.50 bits per heavy atom. The third-order valence-electron chi connectivity index (χ3n) is 5.24. The zero-order valence-electron chi connectivity index (χ0n) is 15.7. The van der Waals surface area contributed by atoms with Crippen LogP contribution in [0.3, 0.4) is 0 Å². The van der Waals surface area contributed by atoms with Gasteiger partial charge in [0, 0.05) is 12.5 Å². The van der Waals surface area contributed by atoms with E-state index in [9.17, 15) is 13.2 Å². The molecule has 1 aliphatic rings. The largest absolute Gasteiger partial charge is 0.499 e. The van der Waals surface area contributed by atoms with Crippen LogP contribution in [0, 0.1) is 6.92 Å². The van der Waals surface area contributed by atoms with Crippen LogP contribution in [-0.4, -0.2) is 28.1 Å². The van der Waals surface area contributed by atoms with E-state index in [2.05, 4.69) is 5.10 Å². The van der Waals surface area contributed by atoms with Crippen molar-refractivity contribution in [3.63, 3.8) is 0 Å². The second-order valence-corrected chi connectivity index (χ2v) is 7.63. The molecule has 0 aliphatic carbocycles. The first-order valence-electron chi connectivity index (χ1n) is 8.40. The van der Waals surface area contributed by atoms with Crippen LogP contribution in [0.1, 0.15) is 39.0 Å². The maximum atomic E-state index is 12.8. The summed E-state index contributed by atoms with van der Waals surface area (Å²) in [6, 6.07) is 5.05. The molecule has 26 heavy (non-hydrogen) atoms. The van der Waals surface area contributed by atoms with Crippen LogP contribution < -0.4 is 5.46 Å². The molecule has 1 aromatic heterocycles. The average Bonchev–Trinajstić information content (AvgIpc) is 2.90.